The van der Waals surface area contributed by atoms with E-state index in [1.807, 2.05) is 18.4 Å². The molecule has 1 saturated heterocycles. The van der Waals surface area contributed by atoms with Gasteiger partial charge in [-0.05, 0) is 37.1 Å². The van der Waals surface area contributed by atoms with Crippen LogP contribution >= 0.6 is 11.3 Å². The average Bonchev–Trinajstić information content (AvgIpc) is 3.12. The molecule has 0 saturated carbocycles. The van der Waals surface area contributed by atoms with Gasteiger partial charge in [0.15, 0.2) is 0 Å². The molecule has 1 aromatic rings. The minimum Gasteiger partial charge on any atom is -0.466 e. The second-order valence-corrected chi connectivity index (χ2v) is 7.23. The summed E-state index contributed by atoms with van der Waals surface area (Å²) in [5.74, 6) is -0.613. The Hall–Kier alpha value is -1.89. The van der Waals surface area contributed by atoms with Crippen LogP contribution in [0.1, 0.15) is 49.5 Å². The predicted octanol–water partition coefficient (Wildman–Crippen LogP) is 2.56. The minimum absolute atomic E-state index is 0.0372. The standard InChI is InChI=1S/C17H22N2O4S/c1-2-3-10-23-14(20)6-9-19-15(21)17(18-16(19)22)8-4-5-13-12(17)7-11-24-13/h7,11H,2-6,8-10H2,1H3,(H,18,22)/t17-/m0/s1. The topological polar surface area (TPSA) is 75.7 Å². The summed E-state index contributed by atoms with van der Waals surface area (Å²) in [6, 6.07) is 1.51. The largest absolute Gasteiger partial charge is 0.466 e. The van der Waals surface area contributed by atoms with Gasteiger partial charge in [0.1, 0.15) is 5.54 Å². The first-order valence-corrected chi connectivity index (χ1v) is 9.33. The van der Waals surface area contributed by atoms with Gasteiger partial charge in [0.25, 0.3) is 5.91 Å². The quantitative estimate of drug-likeness (QED) is 0.486. The van der Waals surface area contributed by atoms with E-state index in [-0.39, 0.29) is 24.8 Å². The minimum atomic E-state index is -0.934. The number of nitrogens with one attached hydrogen (secondary N) is 1. The number of unbranched alkanes of at least 4 members (excludes halogenated alkanes) is 1. The van der Waals surface area contributed by atoms with Gasteiger partial charge in [0.2, 0.25) is 0 Å². The Bertz CT molecular complexity index is 657. The van der Waals surface area contributed by atoms with Gasteiger partial charge in [-0.3, -0.25) is 14.5 Å². The van der Waals surface area contributed by atoms with Crippen LogP contribution in [-0.4, -0.2) is 36.0 Å². The Balaban J connectivity index is 1.67. The summed E-state index contributed by atoms with van der Waals surface area (Å²) in [6.45, 7) is 2.47. The lowest BCUT2D eigenvalue weighted by Gasteiger charge is -2.31. The van der Waals surface area contributed by atoms with Crippen LogP contribution in [0.2, 0.25) is 0 Å². The molecule has 1 fully saturated rings. The van der Waals surface area contributed by atoms with E-state index in [1.54, 1.807) is 11.3 Å². The lowest BCUT2D eigenvalue weighted by atomic mass is 9.80. The first kappa shape index (κ1) is 17.0. The first-order valence-electron chi connectivity index (χ1n) is 8.45. The van der Waals surface area contributed by atoms with Crippen molar-refractivity contribution in [1.29, 1.82) is 0 Å². The van der Waals surface area contributed by atoms with E-state index in [0.29, 0.717) is 13.0 Å². The highest BCUT2D eigenvalue weighted by Crippen LogP contribution is 2.42. The molecule has 7 heteroatoms. The molecule has 1 aliphatic heterocycles. The molecule has 3 amide bonds. The molecular formula is C17H22N2O4S. The number of thiophene rings is 1. The number of aryl methyl sites for hydroxylation is 1. The Kier molecular flexibility index (Phi) is 4.89. The van der Waals surface area contributed by atoms with Crippen LogP contribution in [0.25, 0.3) is 0 Å². The predicted molar refractivity (Wildman–Crippen MR) is 89.7 cm³/mol. The van der Waals surface area contributed by atoms with Crippen molar-refractivity contribution in [3.05, 3.63) is 21.9 Å². The summed E-state index contributed by atoms with van der Waals surface area (Å²) in [7, 11) is 0. The number of urea groups is 1. The zero-order chi connectivity index (χ0) is 17.2. The highest BCUT2D eigenvalue weighted by atomic mass is 32.1. The van der Waals surface area contributed by atoms with Gasteiger partial charge in [-0.1, -0.05) is 13.3 Å². The molecule has 2 heterocycles. The first-order chi connectivity index (χ1) is 11.6. The molecule has 24 heavy (non-hydrogen) atoms. The monoisotopic (exact) mass is 350 g/mol. The normalized spacial score (nSPS) is 22.6. The average molecular weight is 350 g/mol. The number of nitrogens with zero attached hydrogens (tertiary/aromatic N) is 1. The van der Waals surface area contributed by atoms with Crippen LogP contribution in [0.15, 0.2) is 11.4 Å². The fourth-order valence-electron chi connectivity index (χ4n) is 3.35. The van der Waals surface area contributed by atoms with Gasteiger partial charge in [0, 0.05) is 17.0 Å². The zero-order valence-corrected chi connectivity index (χ0v) is 14.6. The fraction of sp³-hybridized carbons (Fsp3) is 0.588. The number of imide groups is 1. The van der Waals surface area contributed by atoms with E-state index in [0.717, 1.165) is 41.0 Å². The third-order valence-electron chi connectivity index (χ3n) is 4.64. The van der Waals surface area contributed by atoms with E-state index in [4.69, 9.17) is 4.74 Å². The van der Waals surface area contributed by atoms with E-state index in [9.17, 15) is 14.4 Å². The number of ether oxygens (including phenoxy) is 1. The molecule has 1 aromatic heterocycles. The number of carbonyl (C=O) groups excluding carboxylic acids is 3. The van der Waals surface area contributed by atoms with Crippen LogP contribution in [0.3, 0.4) is 0 Å². The summed E-state index contributed by atoms with van der Waals surface area (Å²) in [6.07, 6.45) is 4.23. The van der Waals surface area contributed by atoms with Crippen molar-refractivity contribution in [3.63, 3.8) is 0 Å². The highest BCUT2D eigenvalue weighted by Gasteiger charge is 2.54. The highest BCUT2D eigenvalue weighted by molar-refractivity contribution is 7.10. The number of amides is 3. The third kappa shape index (κ3) is 2.92. The number of esters is 1. The van der Waals surface area contributed by atoms with Crippen LogP contribution in [0.4, 0.5) is 4.79 Å². The van der Waals surface area contributed by atoms with E-state index < -0.39 is 11.6 Å². The maximum atomic E-state index is 12.9. The summed E-state index contributed by atoms with van der Waals surface area (Å²) < 4.78 is 5.09. The fourth-order valence-corrected chi connectivity index (χ4v) is 4.35. The lowest BCUT2D eigenvalue weighted by molar-refractivity contribution is -0.144. The third-order valence-corrected chi connectivity index (χ3v) is 5.62. The number of rotatable bonds is 6. The molecule has 130 valence electrons. The second-order valence-electron chi connectivity index (χ2n) is 6.23. The zero-order valence-electron chi connectivity index (χ0n) is 13.8. The van der Waals surface area contributed by atoms with Gasteiger partial charge in [-0.15, -0.1) is 11.3 Å². The second kappa shape index (κ2) is 6.93. The molecule has 6 nitrogen and oxygen atoms in total. The molecule has 3 rings (SSSR count). The van der Waals surface area contributed by atoms with Crippen molar-refractivity contribution in [3.8, 4) is 0 Å². The van der Waals surface area contributed by atoms with Gasteiger partial charge in [-0.25, -0.2) is 4.79 Å². The SMILES string of the molecule is CCCCOC(=O)CCN1C(=O)N[C@]2(CCCc3sccc32)C1=O. The van der Waals surface area contributed by atoms with Crippen molar-refractivity contribution >= 4 is 29.2 Å². The molecular weight excluding hydrogens is 328 g/mol. The Morgan fingerprint density at radius 1 is 1.46 bits per heavy atom. The molecule has 0 bridgehead atoms. The van der Waals surface area contributed by atoms with Crippen LogP contribution < -0.4 is 5.32 Å². The number of carbonyl (C=O) groups is 3. The number of hydrogen-bond acceptors (Lipinski definition) is 5. The van der Waals surface area contributed by atoms with Crippen molar-refractivity contribution in [2.24, 2.45) is 0 Å². The summed E-state index contributed by atoms with van der Waals surface area (Å²) >= 11 is 1.62. The smallest absolute Gasteiger partial charge is 0.325 e. The van der Waals surface area contributed by atoms with Crippen molar-refractivity contribution in [1.82, 2.24) is 10.2 Å². The Morgan fingerprint density at radius 2 is 2.29 bits per heavy atom. The molecule has 1 spiro atoms. The molecule has 0 radical (unpaired) electrons. The maximum Gasteiger partial charge on any atom is 0.325 e. The summed E-state index contributed by atoms with van der Waals surface area (Å²) in [4.78, 5) is 39.3. The van der Waals surface area contributed by atoms with Crippen LogP contribution in [-0.2, 0) is 26.3 Å². The van der Waals surface area contributed by atoms with E-state index >= 15 is 0 Å². The number of fused-ring (bicyclic) bond motifs is 2. The molecule has 2 aliphatic rings. The summed E-state index contributed by atoms with van der Waals surface area (Å²) in [5.41, 5.74) is -0.0123. The van der Waals surface area contributed by atoms with Gasteiger partial charge in [0.05, 0.1) is 13.0 Å². The molecule has 1 N–H and O–H groups in total. The van der Waals surface area contributed by atoms with Crippen LogP contribution in [0, 0.1) is 0 Å². The molecule has 0 aromatic carbocycles. The number of hydrogen-bond donors (Lipinski definition) is 1. The molecule has 0 unspecified atom stereocenters. The Labute approximate surface area is 145 Å². The van der Waals surface area contributed by atoms with Crippen molar-refractivity contribution < 1.29 is 19.1 Å². The van der Waals surface area contributed by atoms with E-state index in [2.05, 4.69) is 5.32 Å². The van der Waals surface area contributed by atoms with Gasteiger partial charge < -0.3 is 10.1 Å². The van der Waals surface area contributed by atoms with Crippen molar-refractivity contribution in [2.75, 3.05) is 13.2 Å². The summed E-state index contributed by atoms with van der Waals surface area (Å²) in [5, 5.41) is 4.84. The van der Waals surface area contributed by atoms with E-state index in [1.165, 1.54) is 0 Å². The van der Waals surface area contributed by atoms with Gasteiger partial charge in [-0.2, -0.15) is 0 Å². The molecule has 1 aliphatic carbocycles. The maximum absolute atomic E-state index is 12.9. The lowest BCUT2D eigenvalue weighted by Crippen LogP contribution is -2.46. The Morgan fingerprint density at radius 3 is 3.08 bits per heavy atom. The van der Waals surface area contributed by atoms with Crippen molar-refractivity contribution in [2.45, 2.75) is 51.0 Å². The van der Waals surface area contributed by atoms with Crippen LogP contribution in [0.5, 0.6) is 0 Å². The van der Waals surface area contributed by atoms with Gasteiger partial charge >= 0.3 is 12.0 Å². The molecule has 1 atom stereocenters.